The number of methoxy groups -OCH3 is 1. The molecule has 0 aliphatic heterocycles. The van der Waals surface area contributed by atoms with Crippen molar-refractivity contribution in [2.75, 3.05) is 18.2 Å². The number of anilines is 1. The standard InChI is InChI=1S/C25H20N2O3S2/c1-30-24(29)19-14-8-9-15-20(19)26-21(28)16-31-25-27-22(17-10-4-2-5-11-17)23(32-25)18-12-6-3-7-13-18/h2-15H,16H2,1H3,(H,26,28). The number of esters is 1. The third-order valence-corrected chi connectivity index (χ3v) is 6.87. The molecule has 1 N–H and O–H groups in total. The minimum Gasteiger partial charge on any atom is -0.465 e. The number of benzene rings is 3. The molecule has 7 heteroatoms. The quantitative estimate of drug-likeness (QED) is 0.271. The number of amides is 1. The van der Waals surface area contributed by atoms with Crippen LogP contribution in [0.3, 0.4) is 0 Å². The first-order valence-corrected chi connectivity index (χ1v) is 11.7. The van der Waals surface area contributed by atoms with Crippen molar-refractivity contribution >= 4 is 40.7 Å². The van der Waals surface area contributed by atoms with Crippen LogP contribution in [0.25, 0.3) is 21.7 Å². The largest absolute Gasteiger partial charge is 0.465 e. The van der Waals surface area contributed by atoms with E-state index in [0.717, 1.165) is 26.0 Å². The van der Waals surface area contributed by atoms with E-state index in [0.29, 0.717) is 11.3 Å². The Morgan fingerprint density at radius 3 is 2.22 bits per heavy atom. The lowest BCUT2D eigenvalue weighted by molar-refractivity contribution is -0.113. The molecule has 1 heterocycles. The topological polar surface area (TPSA) is 68.3 Å². The molecule has 0 saturated carbocycles. The van der Waals surface area contributed by atoms with E-state index >= 15 is 0 Å². The van der Waals surface area contributed by atoms with Crippen LogP contribution in [0.1, 0.15) is 10.4 Å². The van der Waals surface area contributed by atoms with Gasteiger partial charge in [0.15, 0.2) is 4.34 Å². The van der Waals surface area contributed by atoms with Crippen LogP contribution in [0.15, 0.2) is 89.3 Å². The van der Waals surface area contributed by atoms with E-state index < -0.39 is 5.97 Å². The number of hydrogen-bond acceptors (Lipinski definition) is 6. The highest BCUT2D eigenvalue weighted by Crippen LogP contribution is 2.40. The van der Waals surface area contributed by atoms with Crippen molar-refractivity contribution in [1.82, 2.24) is 4.98 Å². The molecule has 0 aliphatic carbocycles. The van der Waals surface area contributed by atoms with Gasteiger partial charge in [0, 0.05) is 5.56 Å². The Balaban J connectivity index is 1.53. The minimum atomic E-state index is -0.492. The summed E-state index contributed by atoms with van der Waals surface area (Å²) in [6, 6.07) is 26.9. The molecule has 0 spiro atoms. The Hall–Kier alpha value is -3.42. The Morgan fingerprint density at radius 1 is 0.906 bits per heavy atom. The summed E-state index contributed by atoms with van der Waals surface area (Å²) in [5.41, 5.74) is 3.78. The van der Waals surface area contributed by atoms with Crippen LogP contribution in [0.2, 0.25) is 0 Å². The zero-order chi connectivity index (χ0) is 22.3. The molecule has 1 aromatic heterocycles. The molecule has 0 bridgehead atoms. The van der Waals surface area contributed by atoms with Crippen molar-refractivity contribution in [3.8, 4) is 21.7 Å². The average Bonchev–Trinajstić information content (AvgIpc) is 3.28. The molecule has 160 valence electrons. The Morgan fingerprint density at radius 2 is 1.53 bits per heavy atom. The summed E-state index contributed by atoms with van der Waals surface area (Å²) in [5.74, 6) is -0.538. The summed E-state index contributed by atoms with van der Waals surface area (Å²) in [4.78, 5) is 30.4. The highest BCUT2D eigenvalue weighted by Gasteiger charge is 2.17. The summed E-state index contributed by atoms with van der Waals surface area (Å²) in [6.45, 7) is 0. The number of thioether (sulfide) groups is 1. The van der Waals surface area contributed by atoms with Crippen molar-refractivity contribution in [3.63, 3.8) is 0 Å². The number of rotatable bonds is 7. The fourth-order valence-corrected chi connectivity index (χ4v) is 5.10. The lowest BCUT2D eigenvalue weighted by Crippen LogP contribution is -2.17. The number of nitrogens with zero attached hydrogens (tertiary/aromatic N) is 1. The van der Waals surface area contributed by atoms with Gasteiger partial charge in [-0.15, -0.1) is 11.3 Å². The van der Waals surface area contributed by atoms with Crippen molar-refractivity contribution in [3.05, 3.63) is 90.5 Å². The third kappa shape index (κ3) is 5.07. The van der Waals surface area contributed by atoms with E-state index in [-0.39, 0.29) is 11.7 Å². The highest BCUT2D eigenvalue weighted by atomic mass is 32.2. The third-order valence-electron chi connectivity index (χ3n) is 4.62. The van der Waals surface area contributed by atoms with Gasteiger partial charge in [-0.2, -0.15) is 0 Å². The summed E-state index contributed by atoms with van der Waals surface area (Å²) < 4.78 is 5.59. The second-order valence-corrected chi connectivity index (χ2v) is 8.99. The minimum absolute atomic E-state index is 0.172. The molecule has 32 heavy (non-hydrogen) atoms. The number of ether oxygens (including phenoxy) is 1. The molecule has 3 aromatic carbocycles. The van der Waals surface area contributed by atoms with Crippen LogP contribution in [-0.4, -0.2) is 29.7 Å². The molecule has 0 saturated heterocycles. The molecule has 0 unspecified atom stereocenters. The van der Waals surface area contributed by atoms with E-state index in [1.165, 1.54) is 18.9 Å². The Bertz CT molecular complexity index is 1170. The predicted octanol–water partition coefficient (Wildman–Crippen LogP) is 5.99. The van der Waals surface area contributed by atoms with Gasteiger partial charge in [0.25, 0.3) is 0 Å². The van der Waals surface area contributed by atoms with E-state index in [4.69, 9.17) is 9.72 Å². The van der Waals surface area contributed by atoms with Gasteiger partial charge in [0.1, 0.15) is 0 Å². The lowest BCUT2D eigenvalue weighted by atomic mass is 10.1. The molecule has 4 rings (SSSR count). The summed E-state index contributed by atoms with van der Waals surface area (Å²) in [6.07, 6.45) is 0. The molecule has 1 amide bonds. The zero-order valence-electron chi connectivity index (χ0n) is 17.3. The second kappa shape index (κ2) is 10.3. The van der Waals surface area contributed by atoms with Crippen LogP contribution < -0.4 is 5.32 Å². The van der Waals surface area contributed by atoms with Crippen LogP contribution >= 0.6 is 23.1 Å². The summed E-state index contributed by atoms with van der Waals surface area (Å²) in [5, 5.41) is 2.80. The number of para-hydroxylation sites is 1. The molecule has 4 aromatic rings. The maximum atomic E-state index is 12.6. The van der Waals surface area contributed by atoms with Crippen LogP contribution in [-0.2, 0) is 9.53 Å². The van der Waals surface area contributed by atoms with E-state index in [1.807, 2.05) is 48.5 Å². The van der Waals surface area contributed by atoms with Crippen molar-refractivity contribution < 1.29 is 14.3 Å². The van der Waals surface area contributed by atoms with E-state index in [9.17, 15) is 9.59 Å². The second-order valence-electron chi connectivity index (χ2n) is 6.76. The number of carbonyl (C=O) groups is 2. The maximum absolute atomic E-state index is 12.6. The van der Waals surface area contributed by atoms with Gasteiger partial charge < -0.3 is 10.1 Å². The highest BCUT2D eigenvalue weighted by molar-refractivity contribution is 8.01. The number of hydrogen-bond donors (Lipinski definition) is 1. The SMILES string of the molecule is COC(=O)c1ccccc1NC(=O)CSc1nc(-c2ccccc2)c(-c2ccccc2)s1. The molecule has 0 aliphatic rings. The monoisotopic (exact) mass is 460 g/mol. The van der Waals surface area contributed by atoms with Gasteiger partial charge in [-0.1, -0.05) is 84.6 Å². The number of carbonyl (C=O) groups excluding carboxylic acids is 2. The van der Waals surface area contributed by atoms with Crippen molar-refractivity contribution in [2.24, 2.45) is 0 Å². The number of nitrogens with one attached hydrogen (secondary N) is 1. The van der Waals surface area contributed by atoms with Gasteiger partial charge in [-0.25, -0.2) is 9.78 Å². The summed E-state index contributed by atoms with van der Waals surface area (Å²) >= 11 is 2.94. The zero-order valence-corrected chi connectivity index (χ0v) is 18.9. The molecule has 5 nitrogen and oxygen atoms in total. The molecular weight excluding hydrogens is 440 g/mol. The van der Waals surface area contributed by atoms with Gasteiger partial charge >= 0.3 is 5.97 Å². The van der Waals surface area contributed by atoms with E-state index in [2.05, 4.69) is 17.4 Å². The molecule has 0 radical (unpaired) electrons. The lowest BCUT2D eigenvalue weighted by Gasteiger charge is -2.08. The van der Waals surface area contributed by atoms with Gasteiger partial charge in [0.2, 0.25) is 5.91 Å². The van der Waals surface area contributed by atoms with Gasteiger partial charge in [-0.05, 0) is 17.7 Å². The fraction of sp³-hybridized carbons (Fsp3) is 0.0800. The summed E-state index contributed by atoms with van der Waals surface area (Å²) in [7, 11) is 1.31. The predicted molar refractivity (Wildman–Crippen MR) is 130 cm³/mol. The van der Waals surface area contributed by atoms with E-state index in [1.54, 1.807) is 35.6 Å². The van der Waals surface area contributed by atoms with Crippen LogP contribution in [0, 0.1) is 0 Å². The number of aromatic nitrogens is 1. The fourth-order valence-electron chi connectivity index (χ4n) is 3.13. The van der Waals surface area contributed by atoms with Crippen molar-refractivity contribution in [2.45, 2.75) is 4.34 Å². The van der Waals surface area contributed by atoms with Gasteiger partial charge in [-0.3, -0.25) is 4.79 Å². The number of thiazole rings is 1. The first-order chi connectivity index (χ1) is 15.7. The van der Waals surface area contributed by atoms with Crippen LogP contribution in [0.5, 0.6) is 0 Å². The first kappa shape index (κ1) is 21.8. The molecular formula is C25H20N2O3S2. The first-order valence-electron chi connectivity index (χ1n) is 9.87. The van der Waals surface area contributed by atoms with Gasteiger partial charge in [0.05, 0.1) is 34.7 Å². The Kier molecular flexibility index (Phi) is 6.99. The van der Waals surface area contributed by atoms with Crippen LogP contribution in [0.4, 0.5) is 5.69 Å². The normalized spacial score (nSPS) is 10.5. The Labute approximate surface area is 194 Å². The van der Waals surface area contributed by atoms with Crippen molar-refractivity contribution in [1.29, 1.82) is 0 Å². The smallest absolute Gasteiger partial charge is 0.339 e. The molecule has 0 fully saturated rings. The maximum Gasteiger partial charge on any atom is 0.339 e. The molecule has 0 atom stereocenters. The average molecular weight is 461 g/mol.